The van der Waals surface area contributed by atoms with Crippen LogP contribution in [0.1, 0.15) is 70.2 Å². The normalized spacial score (nSPS) is 15.9. The minimum Gasteiger partial charge on any atom is -0.480 e. The van der Waals surface area contributed by atoms with Gasteiger partial charge < -0.3 is 63.7 Å². The molecule has 70 heavy (non-hydrogen) atoms. The second-order valence-electron chi connectivity index (χ2n) is 17.9. The van der Waals surface area contributed by atoms with Gasteiger partial charge in [-0.1, -0.05) is 88.4 Å². The number of aromatic amines is 1. The summed E-state index contributed by atoms with van der Waals surface area (Å²) in [5.74, 6) is -6.89. The topological polar surface area (TPSA) is 337 Å². The third kappa shape index (κ3) is 17.3. The standard InChI is InChI=1S/C48H69N13O9/c1-28(2)39(59-41(63)33(55-38(62)26-51-5)18-12-20-53-48(49)50)44(66)56-34(22-30-14-8-6-9-15-30)42(64)60-40(29(3)4)45(67)57-35(24-32-25-52-27-54-32)46(68)61-21-13-19-37(61)43(65)58-36(47(69)70)23-31-16-10-7-11-17-31/h6-11,14-17,25,27-29,33-37,39-40,51H,12-13,18-24,26H2,1-5H3,(H,52,54)(H,55,62)(H,56,66)(H,57,67)(H,58,65)(H,59,63)(H,60,64)(H,69,70)(H4,49,50,53)/t33-,34-,35-,36-,37+,39-,40-/m0/s1. The van der Waals surface area contributed by atoms with E-state index in [9.17, 15) is 43.5 Å². The number of aliphatic imine (C=N–C) groups is 1. The number of aromatic nitrogens is 2. The molecule has 2 aromatic carbocycles. The first-order valence-electron chi connectivity index (χ1n) is 23.5. The van der Waals surface area contributed by atoms with Crippen LogP contribution >= 0.6 is 0 Å². The molecule has 7 amide bonds. The van der Waals surface area contributed by atoms with E-state index in [-0.39, 0.29) is 57.7 Å². The number of likely N-dealkylation sites (N-methyl/N-ethyl adjacent to an activating group) is 1. The third-order valence-electron chi connectivity index (χ3n) is 11.7. The molecule has 7 atom stereocenters. The number of aliphatic carboxylic acids is 1. The molecule has 0 bridgehead atoms. The van der Waals surface area contributed by atoms with E-state index in [2.05, 4.69) is 52.2 Å². The Bertz CT molecular complexity index is 2240. The van der Waals surface area contributed by atoms with E-state index >= 15 is 0 Å². The van der Waals surface area contributed by atoms with Gasteiger partial charge in [0.05, 0.1) is 12.9 Å². The average molecular weight is 972 g/mol. The quantitative estimate of drug-likeness (QED) is 0.0249. The molecule has 0 unspecified atom stereocenters. The minimum absolute atomic E-state index is 0.00939. The molecule has 1 aromatic heterocycles. The van der Waals surface area contributed by atoms with Gasteiger partial charge in [0.15, 0.2) is 5.96 Å². The number of imidazole rings is 1. The van der Waals surface area contributed by atoms with Crippen molar-refractivity contribution >= 4 is 53.3 Å². The molecule has 4 rings (SSSR count). The van der Waals surface area contributed by atoms with Gasteiger partial charge in [-0.05, 0) is 55.7 Å². The van der Waals surface area contributed by atoms with Crippen LogP contribution < -0.4 is 48.7 Å². The predicted molar refractivity (Wildman–Crippen MR) is 260 cm³/mol. The van der Waals surface area contributed by atoms with Gasteiger partial charge >= 0.3 is 5.97 Å². The van der Waals surface area contributed by atoms with E-state index in [1.165, 1.54) is 17.4 Å². The van der Waals surface area contributed by atoms with Crippen LogP contribution in [0.25, 0.3) is 0 Å². The number of carboxylic acid groups (broad SMARTS) is 1. The van der Waals surface area contributed by atoms with Crippen LogP contribution in [-0.2, 0) is 57.6 Å². The first kappa shape index (κ1) is 55.2. The van der Waals surface area contributed by atoms with E-state index in [1.54, 1.807) is 95.4 Å². The number of guanidine groups is 1. The van der Waals surface area contributed by atoms with Gasteiger partial charge in [-0.25, -0.2) is 9.78 Å². The maximum Gasteiger partial charge on any atom is 0.326 e. The van der Waals surface area contributed by atoms with Crippen LogP contribution in [0.15, 0.2) is 78.2 Å². The molecule has 1 saturated heterocycles. The number of carboxylic acids is 1. The van der Waals surface area contributed by atoms with Crippen molar-refractivity contribution in [2.75, 3.05) is 26.7 Å². The van der Waals surface area contributed by atoms with Crippen molar-refractivity contribution in [3.05, 3.63) is 90.0 Å². The van der Waals surface area contributed by atoms with Gasteiger partial charge in [0.25, 0.3) is 0 Å². The Kier molecular flexibility index (Phi) is 21.8. The highest BCUT2D eigenvalue weighted by Gasteiger charge is 2.41. The maximum absolute atomic E-state index is 14.5. The van der Waals surface area contributed by atoms with Crippen LogP contribution in [-0.4, -0.2) is 142 Å². The number of H-pyrrole nitrogens is 1. The van der Waals surface area contributed by atoms with Crippen molar-refractivity contribution in [1.82, 2.24) is 52.1 Å². The van der Waals surface area contributed by atoms with Crippen LogP contribution in [0.4, 0.5) is 0 Å². The average Bonchev–Trinajstić information content (AvgIpc) is 4.03. The lowest BCUT2D eigenvalue weighted by molar-refractivity contribution is -0.145. The van der Waals surface area contributed by atoms with E-state index in [0.717, 1.165) is 0 Å². The van der Waals surface area contributed by atoms with Crippen molar-refractivity contribution in [3.63, 3.8) is 0 Å². The summed E-state index contributed by atoms with van der Waals surface area (Å²) in [6, 6.07) is 9.42. The Hall–Kier alpha value is -7.36. The first-order valence-corrected chi connectivity index (χ1v) is 23.5. The molecular weight excluding hydrogens is 903 g/mol. The Morgan fingerprint density at radius 2 is 1.29 bits per heavy atom. The number of nitrogens with zero attached hydrogens (tertiary/aromatic N) is 3. The lowest BCUT2D eigenvalue weighted by Crippen LogP contribution is -2.61. The molecule has 0 saturated carbocycles. The van der Waals surface area contributed by atoms with Gasteiger partial charge in [-0.2, -0.15) is 0 Å². The number of amides is 7. The number of hydrogen-bond acceptors (Lipinski definition) is 11. The summed E-state index contributed by atoms with van der Waals surface area (Å²) < 4.78 is 0. The molecule has 0 aliphatic carbocycles. The Labute approximate surface area is 407 Å². The van der Waals surface area contributed by atoms with Crippen molar-refractivity contribution < 1.29 is 43.5 Å². The fourth-order valence-electron chi connectivity index (χ4n) is 7.98. The molecule has 0 radical (unpaired) electrons. The number of nitrogens with one attached hydrogen (secondary N) is 8. The van der Waals surface area contributed by atoms with Gasteiger partial charge in [0.2, 0.25) is 41.4 Å². The number of carbonyl (C=O) groups is 8. The number of rotatable bonds is 27. The maximum atomic E-state index is 14.5. The van der Waals surface area contributed by atoms with Crippen LogP contribution in [0.5, 0.6) is 0 Å². The fourth-order valence-corrected chi connectivity index (χ4v) is 7.98. The van der Waals surface area contributed by atoms with Gasteiger partial charge in [0.1, 0.15) is 42.3 Å². The van der Waals surface area contributed by atoms with Gasteiger partial charge in [0, 0.05) is 44.2 Å². The van der Waals surface area contributed by atoms with E-state index < -0.39 is 101 Å². The molecule has 22 nitrogen and oxygen atoms in total. The monoisotopic (exact) mass is 972 g/mol. The van der Waals surface area contributed by atoms with Crippen molar-refractivity contribution in [2.45, 2.75) is 115 Å². The highest BCUT2D eigenvalue weighted by molar-refractivity contribution is 5.98. The molecule has 1 aliphatic heterocycles. The van der Waals surface area contributed by atoms with E-state index in [4.69, 9.17) is 11.5 Å². The van der Waals surface area contributed by atoms with E-state index in [1.807, 2.05) is 0 Å². The second-order valence-corrected chi connectivity index (χ2v) is 17.9. The molecule has 2 heterocycles. The number of hydrogen-bond donors (Lipinski definition) is 11. The zero-order valence-corrected chi connectivity index (χ0v) is 40.4. The van der Waals surface area contributed by atoms with Gasteiger partial charge in [-0.15, -0.1) is 0 Å². The van der Waals surface area contributed by atoms with Crippen molar-refractivity contribution in [1.29, 1.82) is 0 Å². The number of nitrogens with two attached hydrogens (primary N) is 2. The molecule has 0 spiro atoms. The summed E-state index contributed by atoms with van der Waals surface area (Å²) in [5.41, 5.74) is 12.8. The fraction of sp³-hybridized carbons (Fsp3) is 0.500. The lowest BCUT2D eigenvalue weighted by Gasteiger charge is -2.31. The summed E-state index contributed by atoms with van der Waals surface area (Å²) in [7, 11) is 1.58. The SMILES string of the molecule is CNCC(=O)N[C@@H](CCCN=C(N)N)C(=O)N[C@H](C(=O)N[C@@H](Cc1ccccc1)C(=O)N[C@H](C(=O)N[C@@H](Cc1cnc[nH]1)C(=O)N1CCC[C@@H]1C(=O)N[C@@H](Cc1ccccc1)C(=O)O)C(C)C)C(C)C. The van der Waals surface area contributed by atoms with E-state index in [0.29, 0.717) is 29.7 Å². The summed E-state index contributed by atoms with van der Waals surface area (Å²) in [5, 5.41) is 29.1. The number of carbonyl (C=O) groups excluding carboxylic acids is 7. The largest absolute Gasteiger partial charge is 0.480 e. The Balaban J connectivity index is 1.54. The molecule has 1 fully saturated rings. The Morgan fingerprint density at radius 3 is 1.80 bits per heavy atom. The predicted octanol–water partition coefficient (Wildman–Crippen LogP) is -0.993. The highest BCUT2D eigenvalue weighted by atomic mass is 16.4. The zero-order chi connectivity index (χ0) is 51.3. The summed E-state index contributed by atoms with van der Waals surface area (Å²) in [6.45, 7) is 7.10. The first-order chi connectivity index (χ1) is 33.4. The molecule has 13 N–H and O–H groups in total. The number of likely N-dealkylation sites (tertiary alicyclic amines) is 1. The summed E-state index contributed by atoms with van der Waals surface area (Å²) in [6.07, 6.45) is 4.03. The molecular formula is C48H69N13O9. The lowest BCUT2D eigenvalue weighted by atomic mass is 9.98. The van der Waals surface area contributed by atoms with Gasteiger partial charge in [-0.3, -0.25) is 38.6 Å². The zero-order valence-electron chi connectivity index (χ0n) is 40.4. The van der Waals surface area contributed by atoms with Crippen LogP contribution in [0, 0.1) is 11.8 Å². The minimum atomic E-state index is -1.27. The smallest absolute Gasteiger partial charge is 0.326 e. The molecule has 22 heteroatoms. The highest BCUT2D eigenvalue weighted by Crippen LogP contribution is 2.21. The van der Waals surface area contributed by atoms with Crippen molar-refractivity contribution in [3.8, 4) is 0 Å². The van der Waals surface area contributed by atoms with Crippen LogP contribution in [0.2, 0.25) is 0 Å². The Morgan fingerprint density at radius 1 is 0.729 bits per heavy atom. The molecule has 380 valence electrons. The summed E-state index contributed by atoms with van der Waals surface area (Å²) >= 11 is 0. The molecule has 3 aromatic rings. The second kappa shape index (κ2) is 27.6. The van der Waals surface area contributed by atoms with Crippen LogP contribution in [0.3, 0.4) is 0 Å². The summed E-state index contributed by atoms with van der Waals surface area (Å²) in [4.78, 5) is 122. The molecule has 1 aliphatic rings. The van der Waals surface area contributed by atoms with Crippen molar-refractivity contribution in [2.24, 2.45) is 28.3 Å². The number of benzene rings is 2. The third-order valence-corrected chi connectivity index (χ3v) is 11.7.